The Hall–Kier alpha value is -1.33. The molecule has 0 radical (unpaired) electrons. The molecule has 0 bridgehead atoms. The number of amides is 1. The van der Waals surface area contributed by atoms with Gasteiger partial charge in [0.15, 0.2) is 0 Å². The molecule has 18 heavy (non-hydrogen) atoms. The molecule has 1 heterocycles. The third-order valence-electron chi connectivity index (χ3n) is 2.57. The van der Waals surface area contributed by atoms with Crippen LogP contribution in [-0.4, -0.2) is 5.91 Å². The van der Waals surface area contributed by atoms with E-state index in [1.165, 1.54) is 18.2 Å². The lowest BCUT2D eigenvalue weighted by Crippen LogP contribution is -2.23. The van der Waals surface area contributed by atoms with E-state index in [-0.39, 0.29) is 5.56 Å². The molecule has 1 amide bonds. The zero-order chi connectivity index (χ0) is 13.1. The first-order valence-corrected chi connectivity index (χ1v) is 6.70. The van der Waals surface area contributed by atoms with Gasteiger partial charge in [0.25, 0.3) is 5.91 Å². The molecule has 0 unspecified atom stereocenters. The maximum absolute atomic E-state index is 13.5. The van der Waals surface area contributed by atoms with Gasteiger partial charge in [-0.3, -0.25) is 4.79 Å². The Morgan fingerprint density at radius 1 is 1.44 bits per heavy atom. The topological polar surface area (TPSA) is 29.1 Å². The molecule has 2 nitrogen and oxygen atoms in total. The molecule has 1 N–H and O–H groups in total. The molecule has 1 aromatic heterocycles. The van der Waals surface area contributed by atoms with Crippen LogP contribution in [-0.2, 0) is 6.54 Å². The smallest absolute Gasteiger partial charge is 0.254 e. The minimum Gasteiger partial charge on any atom is -0.347 e. The van der Waals surface area contributed by atoms with Gasteiger partial charge in [-0.2, -0.15) is 0 Å². The first-order valence-electron chi connectivity index (χ1n) is 5.37. The highest BCUT2D eigenvalue weighted by atomic mass is 32.1. The highest BCUT2D eigenvalue weighted by molar-refractivity contribution is 7.80. The first-order chi connectivity index (χ1) is 8.58. The number of aryl methyl sites for hydroxylation is 1. The van der Waals surface area contributed by atoms with Gasteiger partial charge in [0.2, 0.25) is 0 Å². The van der Waals surface area contributed by atoms with Crippen molar-refractivity contribution in [3.8, 4) is 0 Å². The van der Waals surface area contributed by atoms with Crippen molar-refractivity contribution >= 4 is 29.9 Å². The SMILES string of the molecule is Cc1ccsc1CNC(=O)c1cc(S)ccc1F. The maximum Gasteiger partial charge on any atom is 0.254 e. The number of carbonyl (C=O) groups is 1. The summed E-state index contributed by atoms with van der Waals surface area (Å²) in [6.45, 7) is 2.39. The minimum atomic E-state index is -0.534. The van der Waals surface area contributed by atoms with Crippen LogP contribution in [0, 0.1) is 12.7 Å². The van der Waals surface area contributed by atoms with E-state index in [0.29, 0.717) is 11.4 Å². The van der Waals surface area contributed by atoms with E-state index in [0.717, 1.165) is 10.4 Å². The van der Waals surface area contributed by atoms with E-state index in [9.17, 15) is 9.18 Å². The van der Waals surface area contributed by atoms with Crippen LogP contribution in [0.2, 0.25) is 0 Å². The van der Waals surface area contributed by atoms with Crippen LogP contribution in [0.25, 0.3) is 0 Å². The molecule has 0 saturated heterocycles. The van der Waals surface area contributed by atoms with Crippen molar-refractivity contribution in [3.63, 3.8) is 0 Å². The van der Waals surface area contributed by atoms with Crippen LogP contribution >= 0.6 is 24.0 Å². The number of hydrogen-bond acceptors (Lipinski definition) is 3. The van der Waals surface area contributed by atoms with Gasteiger partial charge < -0.3 is 5.32 Å². The van der Waals surface area contributed by atoms with Crippen molar-refractivity contribution < 1.29 is 9.18 Å². The molecule has 0 spiro atoms. The number of nitrogens with one attached hydrogen (secondary N) is 1. The van der Waals surface area contributed by atoms with Crippen molar-refractivity contribution in [1.29, 1.82) is 0 Å². The summed E-state index contributed by atoms with van der Waals surface area (Å²) in [6.07, 6.45) is 0. The first kappa shape index (κ1) is 13.1. The van der Waals surface area contributed by atoms with E-state index in [1.54, 1.807) is 11.3 Å². The average molecular weight is 281 g/mol. The number of halogens is 1. The van der Waals surface area contributed by atoms with E-state index in [1.807, 2.05) is 18.4 Å². The summed E-state index contributed by atoms with van der Waals surface area (Å²) in [7, 11) is 0. The zero-order valence-corrected chi connectivity index (χ0v) is 11.4. The Labute approximate surface area is 114 Å². The highest BCUT2D eigenvalue weighted by Crippen LogP contribution is 2.16. The predicted octanol–water partition coefficient (Wildman–Crippen LogP) is 3.41. The van der Waals surface area contributed by atoms with Crippen LogP contribution < -0.4 is 5.32 Å². The number of thiophene rings is 1. The van der Waals surface area contributed by atoms with E-state index in [4.69, 9.17) is 0 Å². The van der Waals surface area contributed by atoms with E-state index < -0.39 is 11.7 Å². The number of carbonyl (C=O) groups excluding carboxylic acids is 1. The van der Waals surface area contributed by atoms with Crippen LogP contribution in [0.15, 0.2) is 34.5 Å². The minimum absolute atomic E-state index is 0.0247. The van der Waals surface area contributed by atoms with Crippen molar-refractivity contribution in [2.75, 3.05) is 0 Å². The molecule has 0 aliphatic heterocycles. The van der Waals surface area contributed by atoms with Gasteiger partial charge in [0.1, 0.15) is 5.82 Å². The van der Waals surface area contributed by atoms with Gasteiger partial charge in [-0.15, -0.1) is 24.0 Å². The van der Waals surface area contributed by atoms with E-state index in [2.05, 4.69) is 17.9 Å². The summed E-state index contributed by atoms with van der Waals surface area (Å²) in [5.41, 5.74) is 1.15. The normalized spacial score (nSPS) is 10.4. The summed E-state index contributed by atoms with van der Waals surface area (Å²) >= 11 is 5.67. The standard InChI is InChI=1S/C13H12FNOS2/c1-8-4-5-18-12(8)7-15-13(16)10-6-9(17)2-3-11(10)14/h2-6,17H,7H2,1H3,(H,15,16). The molecular weight excluding hydrogens is 269 g/mol. The number of thiol groups is 1. The van der Waals surface area contributed by atoms with Crippen LogP contribution in [0.1, 0.15) is 20.8 Å². The lowest BCUT2D eigenvalue weighted by atomic mass is 10.2. The Balaban J connectivity index is 2.08. The molecular formula is C13H12FNOS2. The van der Waals surface area contributed by atoms with Gasteiger partial charge in [-0.1, -0.05) is 0 Å². The highest BCUT2D eigenvalue weighted by Gasteiger charge is 2.12. The van der Waals surface area contributed by atoms with Gasteiger partial charge in [0, 0.05) is 9.77 Å². The fourth-order valence-electron chi connectivity index (χ4n) is 1.53. The van der Waals surface area contributed by atoms with Gasteiger partial charge in [0.05, 0.1) is 12.1 Å². The van der Waals surface area contributed by atoms with Crippen LogP contribution in [0.4, 0.5) is 4.39 Å². The van der Waals surface area contributed by atoms with Gasteiger partial charge in [-0.05, 0) is 42.1 Å². The summed E-state index contributed by atoms with van der Waals surface area (Å²) in [4.78, 5) is 13.5. The lowest BCUT2D eigenvalue weighted by Gasteiger charge is -2.06. The summed E-state index contributed by atoms with van der Waals surface area (Å²) in [6, 6.07) is 6.17. The Morgan fingerprint density at radius 3 is 2.89 bits per heavy atom. The third-order valence-corrected chi connectivity index (χ3v) is 3.87. The number of rotatable bonds is 3. The molecule has 1 aromatic carbocycles. The van der Waals surface area contributed by atoms with Gasteiger partial charge >= 0.3 is 0 Å². The second-order valence-corrected chi connectivity index (χ2v) is 5.39. The monoisotopic (exact) mass is 281 g/mol. The maximum atomic E-state index is 13.5. The summed E-state index contributed by atoms with van der Waals surface area (Å²) in [5.74, 6) is -0.954. The molecule has 94 valence electrons. The summed E-state index contributed by atoms with van der Waals surface area (Å²) in [5, 5.41) is 4.67. The molecule has 0 aliphatic rings. The van der Waals surface area contributed by atoms with Crippen molar-refractivity contribution in [2.45, 2.75) is 18.4 Å². The van der Waals surface area contributed by atoms with Gasteiger partial charge in [-0.25, -0.2) is 4.39 Å². The molecule has 0 saturated carbocycles. The van der Waals surface area contributed by atoms with Crippen molar-refractivity contribution in [3.05, 3.63) is 51.5 Å². The Morgan fingerprint density at radius 2 is 2.22 bits per heavy atom. The molecule has 0 aliphatic carbocycles. The Kier molecular flexibility index (Phi) is 4.04. The summed E-state index contributed by atoms with van der Waals surface area (Å²) < 4.78 is 13.5. The predicted molar refractivity (Wildman–Crippen MR) is 73.9 cm³/mol. The number of benzene rings is 1. The van der Waals surface area contributed by atoms with Crippen molar-refractivity contribution in [1.82, 2.24) is 5.32 Å². The molecule has 2 aromatic rings. The third kappa shape index (κ3) is 2.91. The van der Waals surface area contributed by atoms with Crippen LogP contribution in [0.3, 0.4) is 0 Å². The fraction of sp³-hybridized carbons (Fsp3) is 0.154. The average Bonchev–Trinajstić information content (AvgIpc) is 2.75. The molecule has 0 fully saturated rings. The second-order valence-electron chi connectivity index (χ2n) is 3.87. The van der Waals surface area contributed by atoms with E-state index >= 15 is 0 Å². The lowest BCUT2D eigenvalue weighted by molar-refractivity contribution is 0.0947. The fourth-order valence-corrected chi connectivity index (χ4v) is 2.58. The zero-order valence-electron chi connectivity index (χ0n) is 9.74. The second kappa shape index (κ2) is 5.54. The largest absolute Gasteiger partial charge is 0.347 e. The van der Waals surface area contributed by atoms with Crippen LogP contribution in [0.5, 0.6) is 0 Å². The molecule has 2 rings (SSSR count). The quantitative estimate of drug-likeness (QED) is 0.829. The molecule has 5 heteroatoms. The number of hydrogen-bond donors (Lipinski definition) is 2. The van der Waals surface area contributed by atoms with Crippen molar-refractivity contribution in [2.24, 2.45) is 0 Å². The molecule has 0 atom stereocenters. The Bertz CT molecular complexity index is 580.